The van der Waals surface area contributed by atoms with Crippen LogP contribution in [-0.2, 0) is 18.3 Å². The van der Waals surface area contributed by atoms with Crippen molar-refractivity contribution in [1.29, 1.82) is 0 Å². The summed E-state index contributed by atoms with van der Waals surface area (Å²) in [5.41, 5.74) is 0. The van der Waals surface area contributed by atoms with Gasteiger partial charge in [-0.05, 0) is 31.7 Å². The second-order valence-corrected chi connectivity index (χ2v) is 6.80. The number of epoxide rings is 1. The van der Waals surface area contributed by atoms with Gasteiger partial charge in [-0.3, -0.25) is 0 Å². The lowest BCUT2D eigenvalue weighted by Crippen LogP contribution is -2.23. The van der Waals surface area contributed by atoms with Crippen LogP contribution in [0, 0.1) is 0 Å². The summed E-state index contributed by atoms with van der Waals surface area (Å²) in [7, 11) is -1.41. The van der Waals surface area contributed by atoms with Crippen LogP contribution in [0.1, 0.15) is 39.5 Å². The zero-order valence-corrected chi connectivity index (χ0v) is 13.0. The summed E-state index contributed by atoms with van der Waals surface area (Å²) in [5, 5.41) is 0. The van der Waals surface area contributed by atoms with Crippen LogP contribution in [0.15, 0.2) is 0 Å². The Hall–Kier alpha value is 0.0569. The molecular weight excluding hydrogens is 248 g/mol. The van der Waals surface area contributed by atoms with E-state index in [1.165, 1.54) is 0 Å². The highest BCUT2D eigenvalue weighted by Gasteiger charge is 2.22. The standard InChI is InChI=1S/C13H28O4Si/c1-3-7-16-18(17-8-4-2)10-6-5-9-14-11-13-12-15-13/h13,18H,3-12H2,1-2H3. The van der Waals surface area contributed by atoms with Crippen LogP contribution in [0.25, 0.3) is 0 Å². The Labute approximate surface area is 113 Å². The van der Waals surface area contributed by atoms with E-state index in [-0.39, 0.29) is 0 Å². The Kier molecular flexibility index (Phi) is 9.79. The van der Waals surface area contributed by atoms with Crippen LogP contribution in [0.4, 0.5) is 0 Å². The maximum Gasteiger partial charge on any atom is 0.321 e. The maximum atomic E-state index is 5.80. The molecule has 4 nitrogen and oxygen atoms in total. The maximum absolute atomic E-state index is 5.80. The van der Waals surface area contributed by atoms with Crippen molar-refractivity contribution in [3.05, 3.63) is 0 Å². The molecule has 0 radical (unpaired) electrons. The molecule has 0 saturated carbocycles. The lowest BCUT2D eigenvalue weighted by atomic mass is 10.3. The highest BCUT2D eigenvalue weighted by molar-refractivity contribution is 6.44. The second-order valence-electron chi connectivity index (χ2n) is 4.70. The van der Waals surface area contributed by atoms with E-state index in [4.69, 9.17) is 18.3 Å². The molecule has 1 heterocycles. The predicted molar refractivity (Wildman–Crippen MR) is 74.2 cm³/mol. The molecule has 1 aliphatic heterocycles. The Morgan fingerprint density at radius 1 is 1.06 bits per heavy atom. The van der Waals surface area contributed by atoms with E-state index >= 15 is 0 Å². The molecule has 5 heteroatoms. The molecule has 0 bridgehead atoms. The number of rotatable bonds is 13. The van der Waals surface area contributed by atoms with Gasteiger partial charge in [0.2, 0.25) is 0 Å². The van der Waals surface area contributed by atoms with Gasteiger partial charge in [0.1, 0.15) is 6.10 Å². The summed E-state index contributed by atoms with van der Waals surface area (Å²) in [6, 6.07) is 1.10. The molecule has 1 atom stereocenters. The van der Waals surface area contributed by atoms with E-state index in [1.54, 1.807) is 0 Å². The average molecular weight is 276 g/mol. The second kappa shape index (κ2) is 10.9. The van der Waals surface area contributed by atoms with Gasteiger partial charge in [0.15, 0.2) is 0 Å². The molecule has 0 N–H and O–H groups in total. The van der Waals surface area contributed by atoms with Crippen molar-refractivity contribution in [2.24, 2.45) is 0 Å². The quantitative estimate of drug-likeness (QED) is 0.294. The third-order valence-corrected chi connectivity index (χ3v) is 4.79. The van der Waals surface area contributed by atoms with E-state index in [2.05, 4.69) is 13.8 Å². The topological polar surface area (TPSA) is 40.2 Å². The van der Waals surface area contributed by atoms with Crippen molar-refractivity contribution in [3.8, 4) is 0 Å². The normalized spacial score (nSPS) is 18.5. The Morgan fingerprint density at radius 3 is 2.28 bits per heavy atom. The van der Waals surface area contributed by atoms with Gasteiger partial charge in [0.25, 0.3) is 0 Å². The molecule has 1 saturated heterocycles. The molecule has 1 fully saturated rings. The van der Waals surface area contributed by atoms with Gasteiger partial charge < -0.3 is 18.3 Å². The van der Waals surface area contributed by atoms with Crippen LogP contribution >= 0.6 is 0 Å². The molecule has 1 rings (SSSR count). The molecule has 0 aliphatic carbocycles. The number of unbranched alkanes of at least 4 members (excludes halogenated alkanes) is 1. The molecule has 108 valence electrons. The summed E-state index contributed by atoms with van der Waals surface area (Å²) in [5.74, 6) is 0. The Morgan fingerprint density at radius 2 is 1.72 bits per heavy atom. The largest absolute Gasteiger partial charge is 0.397 e. The molecule has 0 spiro atoms. The summed E-state index contributed by atoms with van der Waals surface area (Å²) in [4.78, 5) is 0. The first kappa shape index (κ1) is 16.1. The molecule has 0 amide bonds. The molecule has 0 aromatic rings. The van der Waals surface area contributed by atoms with Crippen molar-refractivity contribution in [1.82, 2.24) is 0 Å². The summed E-state index contributed by atoms with van der Waals surface area (Å²) in [6.45, 7) is 8.44. The van der Waals surface area contributed by atoms with E-state index in [1.807, 2.05) is 0 Å². The van der Waals surface area contributed by atoms with E-state index in [9.17, 15) is 0 Å². The van der Waals surface area contributed by atoms with Crippen LogP contribution in [0.2, 0.25) is 6.04 Å². The van der Waals surface area contributed by atoms with Crippen molar-refractivity contribution in [2.45, 2.75) is 51.7 Å². The number of ether oxygens (including phenoxy) is 2. The van der Waals surface area contributed by atoms with Gasteiger partial charge in [-0.25, -0.2) is 0 Å². The van der Waals surface area contributed by atoms with E-state index in [0.717, 1.165) is 64.8 Å². The third kappa shape index (κ3) is 9.05. The Bertz CT molecular complexity index is 180. The minimum Gasteiger partial charge on any atom is -0.397 e. The van der Waals surface area contributed by atoms with Gasteiger partial charge in [-0.15, -0.1) is 0 Å². The monoisotopic (exact) mass is 276 g/mol. The lowest BCUT2D eigenvalue weighted by Gasteiger charge is -2.15. The molecule has 1 aliphatic rings. The van der Waals surface area contributed by atoms with Crippen LogP contribution < -0.4 is 0 Å². The minimum absolute atomic E-state index is 0.382. The lowest BCUT2D eigenvalue weighted by molar-refractivity contribution is 0.113. The first-order chi connectivity index (χ1) is 8.86. The summed E-state index contributed by atoms with van der Waals surface area (Å²) >= 11 is 0. The van der Waals surface area contributed by atoms with Crippen LogP contribution in [-0.4, -0.2) is 48.4 Å². The van der Waals surface area contributed by atoms with Crippen LogP contribution in [0.3, 0.4) is 0 Å². The van der Waals surface area contributed by atoms with Gasteiger partial charge in [-0.2, -0.15) is 0 Å². The van der Waals surface area contributed by atoms with E-state index in [0.29, 0.717) is 6.10 Å². The van der Waals surface area contributed by atoms with Crippen molar-refractivity contribution >= 4 is 9.28 Å². The fourth-order valence-corrected chi connectivity index (χ4v) is 3.66. The average Bonchev–Trinajstić information content (AvgIpc) is 3.20. The van der Waals surface area contributed by atoms with E-state index < -0.39 is 9.28 Å². The Balaban J connectivity index is 1.92. The SMILES string of the molecule is CCCO[SiH](CCCCOCC1CO1)OCCC. The fourth-order valence-electron chi connectivity index (χ4n) is 1.61. The highest BCUT2D eigenvalue weighted by atomic mass is 28.3. The van der Waals surface area contributed by atoms with Gasteiger partial charge in [0, 0.05) is 19.8 Å². The van der Waals surface area contributed by atoms with Crippen LogP contribution in [0.5, 0.6) is 0 Å². The minimum atomic E-state index is -1.41. The highest BCUT2D eigenvalue weighted by Crippen LogP contribution is 2.10. The van der Waals surface area contributed by atoms with Crippen molar-refractivity contribution < 1.29 is 18.3 Å². The van der Waals surface area contributed by atoms with Gasteiger partial charge in [0.05, 0.1) is 13.2 Å². The first-order valence-electron chi connectivity index (χ1n) is 7.29. The molecule has 1 unspecified atom stereocenters. The van der Waals surface area contributed by atoms with Gasteiger partial charge in [-0.1, -0.05) is 13.8 Å². The molecule has 0 aromatic carbocycles. The predicted octanol–water partition coefficient (Wildman–Crippen LogP) is 2.26. The summed E-state index contributed by atoms with van der Waals surface area (Å²) in [6.07, 6.45) is 4.78. The fraction of sp³-hybridized carbons (Fsp3) is 1.00. The summed E-state index contributed by atoms with van der Waals surface area (Å²) < 4.78 is 22.2. The molecular formula is C13H28O4Si. The first-order valence-corrected chi connectivity index (χ1v) is 9.05. The number of hydrogen-bond donors (Lipinski definition) is 0. The zero-order chi connectivity index (χ0) is 13.1. The zero-order valence-electron chi connectivity index (χ0n) is 11.9. The molecule has 0 aromatic heterocycles. The van der Waals surface area contributed by atoms with Gasteiger partial charge >= 0.3 is 9.28 Å². The third-order valence-electron chi connectivity index (χ3n) is 2.70. The van der Waals surface area contributed by atoms with Crippen molar-refractivity contribution in [2.75, 3.05) is 33.0 Å². The molecule has 18 heavy (non-hydrogen) atoms. The number of hydrogen-bond acceptors (Lipinski definition) is 4. The smallest absolute Gasteiger partial charge is 0.321 e. The van der Waals surface area contributed by atoms with Crippen molar-refractivity contribution in [3.63, 3.8) is 0 Å².